The molecule has 3 heterocycles. The number of halogens is 3. The molecule has 0 spiro atoms. The van der Waals surface area contributed by atoms with Crippen molar-refractivity contribution in [3.63, 3.8) is 0 Å². The lowest BCUT2D eigenvalue weighted by molar-refractivity contribution is 0.619. The Morgan fingerprint density at radius 2 is 1.88 bits per heavy atom. The minimum atomic E-state index is -0.301. The van der Waals surface area contributed by atoms with Crippen LogP contribution in [0.25, 0.3) is 17.0 Å². The normalized spacial score (nSPS) is 10.7. The van der Waals surface area contributed by atoms with Crippen molar-refractivity contribution in [1.82, 2.24) is 14.4 Å². The standard InChI is InChI=1S/C17H12BrFN4S.BrH/c1-10-16(23-8-12(19)4-7-15(23)20-10)14-9-24-17(22-14)21-13-5-2-11(18)3-6-13;/h2-9H,1H3,(H,21,22);1H. The predicted octanol–water partition coefficient (Wildman–Crippen LogP) is 5.99. The smallest absolute Gasteiger partial charge is 0.187 e. The van der Waals surface area contributed by atoms with Gasteiger partial charge in [0.05, 0.1) is 11.4 Å². The molecule has 3 aromatic heterocycles. The second-order valence-corrected chi connectivity index (χ2v) is 7.06. The van der Waals surface area contributed by atoms with Crippen LogP contribution in [0.5, 0.6) is 0 Å². The number of thiazole rings is 1. The predicted molar refractivity (Wildman–Crippen MR) is 109 cm³/mol. The largest absolute Gasteiger partial charge is 0.332 e. The molecule has 0 atom stereocenters. The maximum atomic E-state index is 13.6. The molecule has 4 aromatic rings. The first-order chi connectivity index (χ1) is 11.6. The highest BCUT2D eigenvalue weighted by Gasteiger charge is 2.14. The molecule has 4 nitrogen and oxygen atoms in total. The number of pyridine rings is 1. The van der Waals surface area contributed by atoms with Gasteiger partial charge in [0.1, 0.15) is 17.2 Å². The van der Waals surface area contributed by atoms with Crippen molar-refractivity contribution >= 4 is 60.7 Å². The molecule has 0 amide bonds. The Labute approximate surface area is 166 Å². The lowest BCUT2D eigenvalue weighted by Crippen LogP contribution is -1.92. The van der Waals surface area contributed by atoms with Crippen molar-refractivity contribution in [2.45, 2.75) is 6.92 Å². The van der Waals surface area contributed by atoms with Gasteiger partial charge in [-0.15, -0.1) is 28.3 Å². The molecule has 0 saturated heterocycles. The Morgan fingerprint density at radius 3 is 2.64 bits per heavy atom. The van der Waals surface area contributed by atoms with Crippen LogP contribution in [0.3, 0.4) is 0 Å². The fraction of sp³-hybridized carbons (Fsp3) is 0.0588. The Hall–Kier alpha value is -1.77. The maximum Gasteiger partial charge on any atom is 0.187 e. The van der Waals surface area contributed by atoms with E-state index in [4.69, 9.17) is 0 Å². The molecule has 0 aliphatic heterocycles. The summed E-state index contributed by atoms with van der Waals surface area (Å²) in [5, 5.41) is 6.00. The zero-order valence-electron chi connectivity index (χ0n) is 13.0. The average Bonchev–Trinajstić information content (AvgIpc) is 3.12. The second-order valence-electron chi connectivity index (χ2n) is 5.29. The molecule has 4 rings (SSSR count). The second kappa shape index (κ2) is 7.23. The van der Waals surface area contributed by atoms with E-state index in [-0.39, 0.29) is 22.8 Å². The summed E-state index contributed by atoms with van der Waals surface area (Å²) in [5.41, 5.74) is 4.07. The monoisotopic (exact) mass is 482 g/mol. The van der Waals surface area contributed by atoms with E-state index in [1.54, 1.807) is 10.5 Å². The lowest BCUT2D eigenvalue weighted by atomic mass is 10.3. The first kappa shape index (κ1) is 18.0. The number of fused-ring (bicyclic) bond motifs is 1. The van der Waals surface area contributed by atoms with Gasteiger partial charge in [-0.05, 0) is 43.3 Å². The molecule has 1 aromatic carbocycles. The average molecular weight is 484 g/mol. The molecule has 128 valence electrons. The van der Waals surface area contributed by atoms with E-state index in [1.165, 1.54) is 23.6 Å². The van der Waals surface area contributed by atoms with Crippen LogP contribution in [0.2, 0.25) is 0 Å². The number of aromatic nitrogens is 3. The highest BCUT2D eigenvalue weighted by molar-refractivity contribution is 9.10. The summed E-state index contributed by atoms with van der Waals surface area (Å²) >= 11 is 4.92. The first-order valence-corrected chi connectivity index (χ1v) is 8.90. The van der Waals surface area contributed by atoms with Crippen LogP contribution in [-0.2, 0) is 0 Å². The van der Waals surface area contributed by atoms with Gasteiger partial charge in [0.2, 0.25) is 0 Å². The number of imidazole rings is 1. The van der Waals surface area contributed by atoms with Gasteiger partial charge in [-0.1, -0.05) is 15.9 Å². The molecule has 0 aliphatic rings. The van der Waals surface area contributed by atoms with E-state index in [2.05, 4.69) is 31.2 Å². The number of hydrogen-bond acceptors (Lipinski definition) is 4. The Morgan fingerprint density at radius 1 is 1.12 bits per heavy atom. The number of benzene rings is 1. The van der Waals surface area contributed by atoms with Gasteiger partial charge in [0, 0.05) is 21.7 Å². The number of rotatable bonds is 3. The summed E-state index contributed by atoms with van der Waals surface area (Å²) in [6.07, 6.45) is 1.44. The van der Waals surface area contributed by atoms with Gasteiger partial charge >= 0.3 is 0 Å². The molecule has 0 unspecified atom stereocenters. The molecule has 0 radical (unpaired) electrons. The third kappa shape index (κ3) is 3.61. The van der Waals surface area contributed by atoms with Crippen LogP contribution in [0.1, 0.15) is 5.69 Å². The topological polar surface area (TPSA) is 42.2 Å². The van der Waals surface area contributed by atoms with E-state index in [1.807, 2.05) is 36.6 Å². The third-order valence-electron chi connectivity index (χ3n) is 3.60. The third-order valence-corrected chi connectivity index (χ3v) is 4.89. The number of aryl methyl sites for hydroxylation is 1. The van der Waals surface area contributed by atoms with Gasteiger partial charge in [0.15, 0.2) is 5.13 Å². The summed E-state index contributed by atoms with van der Waals surface area (Å²) in [6, 6.07) is 11.0. The maximum absolute atomic E-state index is 13.6. The summed E-state index contributed by atoms with van der Waals surface area (Å²) in [5.74, 6) is -0.301. The Kier molecular flexibility index (Phi) is 5.21. The van der Waals surface area contributed by atoms with Crippen molar-refractivity contribution in [3.05, 3.63) is 64.0 Å². The summed E-state index contributed by atoms with van der Waals surface area (Å²) in [7, 11) is 0. The van der Waals surface area contributed by atoms with Crippen molar-refractivity contribution in [2.24, 2.45) is 0 Å². The molecule has 0 fully saturated rings. The fourth-order valence-electron chi connectivity index (χ4n) is 2.54. The summed E-state index contributed by atoms with van der Waals surface area (Å²) in [4.78, 5) is 9.09. The van der Waals surface area contributed by atoms with Crippen molar-refractivity contribution < 1.29 is 4.39 Å². The molecular formula is C17H13Br2FN4S. The highest BCUT2D eigenvalue weighted by atomic mass is 79.9. The van der Waals surface area contributed by atoms with Crippen LogP contribution >= 0.6 is 44.2 Å². The quantitative estimate of drug-likeness (QED) is 0.389. The van der Waals surface area contributed by atoms with E-state index in [0.29, 0.717) is 5.65 Å². The SMILES string of the molecule is Br.Cc1nc2ccc(F)cn2c1-c1csc(Nc2ccc(Br)cc2)n1. The van der Waals surface area contributed by atoms with E-state index in [9.17, 15) is 4.39 Å². The van der Waals surface area contributed by atoms with Gasteiger partial charge in [0.25, 0.3) is 0 Å². The van der Waals surface area contributed by atoms with Gasteiger partial charge in [-0.25, -0.2) is 14.4 Å². The molecule has 25 heavy (non-hydrogen) atoms. The highest BCUT2D eigenvalue weighted by Crippen LogP contribution is 2.30. The molecule has 8 heteroatoms. The summed E-state index contributed by atoms with van der Waals surface area (Å²) in [6.45, 7) is 1.90. The zero-order valence-corrected chi connectivity index (χ0v) is 17.1. The molecule has 0 bridgehead atoms. The lowest BCUT2D eigenvalue weighted by Gasteiger charge is -2.02. The van der Waals surface area contributed by atoms with E-state index >= 15 is 0 Å². The van der Waals surface area contributed by atoms with Crippen molar-refractivity contribution in [1.29, 1.82) is 0 Å². The van der Waals surface area contributed by atoms with Crippen LogP contribution in [-0.4, -0.2) is 14.4 Å². The van der Waals surface area contributed by atoms with Crippen molar-refractivity contribution in [2.75, 3.05) is 5.32 Å². The fourth-order valence-corrected chi connectivity index (χ4v) is 3.52. The number of hydrogen-bond donors (Lipinski definition) is 1. The molecule has 0 aliphatic carbocycles. The number of nitrogens with one attached hydrogen (secondary N) is 1. The van der Waals surface area contributed by atoms with E-state index < -0.39 is 0 Å². The number of nitrogens with zero attached hydrogens (tertiary/aromatic N) is 3. The minimum Gasteiger partial charge on any atom is -0.332 e. The Balaban J connectivity index is 0.00000182. The van der Waals surface area contributed by atoms with E-state index in [0.717, 1.165) is 32.4 Å². The van der Waals surface area contributed by atoms with Crippen LogP contribution in [0.15, 0.2) is 52.4 Å². The van der Waals surface area contributed by atoms with Crippen LogP contribution in [0, 0.1) is 12.7 Å². The summed E-state index contributed by atoms with van der Waals surface area (Å²) < 4.78 is 16.3. The van der Waals surface area contributed by atoms with Crippen molar-refractivity contribution in [3.8, 4) is 11.4 Å². The Bertz CT molecular complexity index is 1030. The van der Waals surface area contributed by atoms with Gasteiger partial charge < -0.3 is 5.32 Å². The molecule has 0 saturated carbocycles. The number of anilines is 2. The molecular weight excluding hydrogens is 471 g/mol. The zero-order chi connectivity index (χ0) is 16.7. The van der Waals surface area contributed by atoms with Crippen LogP contribution < -0.4 is 5.32 Å². The molecule has 1 N–H and O–H groups in total. The van der Waals surface area contributed by atoms with Gasteiger partial charge in [-0.3, -0.25) is 4.40 Å². The van der Waals surface area contributed by atoms with Crippen LogP contribution in [0.4, 0.5) is 15.2 Å². The van der Waals surface area contributed by atoms with Gasteiger partial charge in [-0.2, -0.15) is 0 Å². The first-order valence-electron chi connectivity index (χ1n) is 7.23. The minimum absolute atomic E-state index is 0.